The Bertz CT molecular complexity index is 522. The molecule has 1 N–H and O–H groups in total. The van der Waals surface area contributed by atoms with E-state index in [2.05, 4.69) is 20.8 Å². The van der Waals surface area contributed by atoms with Gasteiger partial charge in [-0.3, -0.25) is 0 Å². The van der Waals surface area contributed by atoms with Crippen molar-refractivity contribution in [3.63, 3.8) is 0 Å². The van der Waals surface area contributed by atoms with Gasteiger partial charge in [0.05, 0.1) is 17.8 Å². The lowest BCUT2D eigenvalue weighted by Crippen LogP contribution is -2.56. The van der Waals surface area contributed by atoms with Gasteiger partial charge in [0.2, 0.25) is 0 Å². The second-order valence-corrected chi connectivity index (χ2v) is 10.6. The first-order valence-electron chi connectivity index (χ1n) is 10.2. The van der Waals surface area contributed by atoms with Gasteiger partial charge in [0.1, 0.15) is 0 Å². The van der Waals surface area contributed by atoms with E-state index in [1.54, 1.807) is 0 Å². The van der Waals surface area contributed by atoms with Gasteiger partial charge in [-0.15, -0.1) is 0 Å². The fraction of sp³-hybridized carbons (Fsp3) is 1.00. The van der Waals surface area contributed by atoms with Gasteiger partial charge in [-0.2, -0.15) is 0 Å². The summed E-state index contributed by atoms with van der Waals surface area (Å²) in [7, 11) is 0. The molecule has 2 heteroatoms. The summed E-state index contributed by atoms with van der Waals surface area (Å²) in [5.74, 6) is 3.44. The number of epoxide rings is 1. The van der Waals surface area contributed by atoms with Crippen LogP contribution in [0.15, 0.2) is 0 Å². The summed E-state index contributed by atoms with van der Waals surface area (Å²) in [6.45, 7) is 8.19. The highest BCUT2D eigenvalue weighted by Gasteiger charge is 2.65. The van der Waals surface area contributed by atoms with E-state index in [9.17, 15) is 5.11 Å². The SMILES string of the molecule is C[C@]1(O)CCC2C3CC[C@H]4C[C@@]5(CC[C@]4(C)C3CC[C@@]21C)CO5. The lowest BCUT2D eigenvalue weighted by molar-refractivity contribution is -0.150. The molecule has 0 amide bonds. The quantitative estimate of drug-likeness (QED) is 0.665. The number of aliphatic hydroxyl groups is 1. The van der Waals surface area contributed by atoms with E-state index < -0.39 is 5.60 Å². The fourth-order valence-corrected chi connectivity index (χ4v) is 7.92. The minimum Gasteiger partial charge on any atom is -0.390 e. The molecular formula is C21H34O2. The van der Waals surface area contributed by atoms with E-state index in [0.29, 0.717) is 11.0 Å². The summed E-state index contributed by atoms with van der Waals surface area (Å²) in [5.41, 5.74) is 0.610. The van der Waals surface area contributed by atoms with Crippen LogP contribution < -0.4 is 0 Å². The second kappa shape index (κ2) is 4.36. The van der Waals surface area contributed by atoms with E-state index in [1.807, 2.05) is 0 Å². The molecule has 1 spiro atoms. The van der Waals surface area contributed by atoms with E-state index in [0.717, 1.165) is 36.7 Å². The molecule has 5 aliphatic rings. The van der Waals surface area contributed by atoms with Crippen LogP contribution in [-0.4, -0.2) is 22.9 Å². The Morgan fingerprint density at radius 1 is 0.870 bits per heavy atom. The molecule has 1 aliphatic heterocycles. The Balaban J connectivity index is 1.45. The van der Waals surface area contributed by atoms with E-state index in [-0.39, 0.29) is 5.41 Å². The molecule has 8 atom stereocenters. The van der Waals surface area contributed by atoms with Crippen LogP contribution in [0.4, 0.5) is 0 Å². The Hall–Kier alpha value is -0.0800. The van der Waals surface area contributed by atoms with Crippen molar-refractivity contribution >= 4 is 0 Å². The van der Waals surface area contributed by atoms with Crippen LogP contribution in [0.25, 0.3) is 0 Å². The summed E-state index contributed by atoms with van der Waals surface area (Å²) in [6, 6.07) is 0. The highest BCUT2D eigenvalue weighted by Crippen LogP contribution is 2.69. The summed E-state index contributed by atoms with van der Waals surface area (Å²) in [6.07, 6.45) is 11.8. The number of ether oxygens (including phenoxy) is 1. The Labute approximate surface area is 141 Å². The largest absolute Gasteiger partial charge is 0.390 e. The third-order valence-corrected chi connectivity index (χ3v) is 9.92. The van der Waals surface area contributed by atoms with Gasteiger partial charge in [-0.25, -0.2) is 0 Å². The average Bonchev–Trinajstić information content (AvgIpc) is 3.21. The topological polar surface area (TPSA) is 32.8 Å². The maximum absolute atomic E-state index is 11.0. The van der Waals surface area contributed by atoms with Gasteiger partial charge in [-0.1, -0.05) is 13.8 Å². The average molecular weight is 319 g/mol. The van der Waals surface area contributed by atoms with Gasteiger partial charge >= 0.3 is 0 Å². The number of hydrogen-bond donors (Lipinski definition) is 1. The molecule has 0 radical (unpaired) electrons. The number of fused-ring (bicyclic) bond motifs is 5. The van der Waals surface area contributed by atoms with Crippen molar-refractivity contribution in [2.24, 2.45) is 34.5 Å². The molecule has 4 aliphatic carbocycles. The van der Waals surface area contributed by atoms with Crippen molar-refractivity contribution in [3.8, 4) is 0 Å². The van der Waals surface area contributed by atoms with Crippen molar-refractivity contribution in [1.29, 1.82) is 0 Å². The van der Waals surface area contributed by atoms with E-state index in [4.69, 9.17) is 4.74 Å². The standard InChI is InChI=1S/C21H34O2/c1-18-10-11-21(13-23-21)12-14(18)4-5-15-16(18)6-8-19(2)17(15)7-9-20(19,3)22/h14-17,22H,4-13H2,1-3H3/t14-,15?,16?,17?,18-,19-,20-,21-/m0/s1. The minimum absolute atomic E-state index is 0.173. The highest BCUT2D eigenvalue weighted by atomic mass is 16.6. The van der Waals surface area contributed by atoms with Crippen LogP contribution in [0.3, 0.4) is 0 Å². The first kappa shape index (κ1) is 15.2. The summed E-state index contributed by atoms with van der Waals surface area (Å²) < 4.78 is 5.85. The first-order chi connectivity index (χ1) is 10.8. The molecule has 0 aromatic rings. The van der Waals surface area contributed by atoms with Crippen LogP contribution in [0.5, 0.6) is 0 Å². The zero-order valence-electron chi connectivity index (χ0n) is 15.2. The molecule has 23 heavy (non-hydrogen) atoms. The zero-order chi connectivity index (χ0) is 16.1. The van der Waals surface area contributed by atoms with Crippen molar-refractivity contribution < 1.29 is 9.84 Å². The fourth-order valence-electron chi connectivity index (χ4n) is 7.92. The first-order valence-corrected chi connectivity index (χ1v) is 10.2. The van der Waals surface area contributed by atoms with Crippen LogP contribution in [0.2, 0.25) is 0 Å². The minimum atomic E-state index is -0.432. The third-order valence-electron chi connectivity index (χ3n) is 9.92. The van der Waals surface area contributed by atoms with Crippen LogP contribution in [0, 0.1) is 34.5 Å². The molecule has 3 unspecified atom stereocenters. The lowest BCUT2D eigenvalue weighted by Gasteiger charge is -2.61. The molecule has 0 aromatic heterocycles. The Morgan fingerprint density at radius 2 is 1.61 bits per heavy atom. The summed E-state index contributed by atoms with van der Waals surface area (Å²) in [4.78, 5) is 0. The lowest BCUT2D eigenvalue weighted by atomic mass is 9.44. The molecular weight excluding hydrogens is 284 g/mol. The van der Waals surface area contributed by atoms with Crippen LogP contribution in [-0.2, 0) is 4.74 Å². The maximum Gasteiger partial charge on any atom is 0.0919 e. The van der Waals surface area contributed by atoms with Crippen molar-refractivity contribution in [2.75, 3.05) is 6.61 Å². The molecule has 5 rings (SSSR count). The van der Waals surface area contributed by atoms with Crippen molar-refractivity contribution in [1.82, 2.24) is 0 Å². The molecule has 2 nitrogen and oxygen atoms in total. The second-order valence-electron chi connectivity index (χ2n) is 10.6. The van der Waals surface area contributed by atoms with Crippen molar-refractivity contribution in [2.45, 2.75) is 89.8 Å². The maximum atomic E-state index is 11.0. The predicted octanol–water partition coefficient (Wildman–Crippen LogP) is 4.55. The molecule has 1 saturated heterocycles. The van der Waals surface area contributed by atoms with Gasteiger partial charge in [0.15, 0.2) is 0 Å². The normalized spacial score (nSPS) is 64.2. The van der Waals surface area contributed by atoms with Gasteiger partial charge in [-0.05, 0) is 99.2 Å². The summed E-state index contributed by atoms with van der Waals surface area (Å²) >= 11 is 0. The Kier molecular flexibility index (Phi) is 2.88. The molecule has 130 valence electrons. The molecule has 5 fully saturated rings. The third kappa shape index (κ3) is 1.83. The van der Waals surface area contributed by atoms with Crippen LogP contribution >= 0.6 is 0 Å². The summed E-state index contributed by atoms with van der Waals surface area (Å²) in [5, 5.41) is 11.0. The Morgan fingerprint density at radius 3 is 2.35 bits per heavy atom. The molecule has 0 bridgehead atoms. The smallest absolute Gasteiger partial charge is 0.0919 e. The van der Waals surface area contributed by atoms with Crippen LogP contribution in [0.1, 0.15) is 78.6 Å². The van der Waals surface area contributed by atoms with E-state index >= 15 is 0 Å². The predicted molar refractivity (Wildman–Crippen MR) is 91.0 cm³/mol. The molecule has 4 saturated carbocycles. The highest BCUT2D eigenvalue weighted by molar-refractivity contribution is 5.14. The van der Waals surface area contributed by atoms with Gasteiger partial charge < -0.3 is 9.84 Å². The van der Waals surface area contributed by atoms with E-state index in [1.165, 1.54) is 51.4 Å². The monoisotopic (exact) mass is 318 g/mol. The van der Waals surface area contributed by atoms with Gasteiger partial charge in [0.25, 0.3) is 0 Å². The van der Waals surface area contributed by atoms with Gasteiger partial charge in [0, 0.05) is 0 Å². The number of hydrogen-bond acceptors (Lipinski definition) is 2. The molecule has 1 heterocycles. The number of rotatable bonds is 0. The zero-order valence-corrected chi connectivity index (χ0v) is 15.2. The molecule has 0 aromatic carbocycles. The van der Waals surface area contributed by atoms with Crippen molar-refractivity contribution in [3.05, 3.63) is 0 Å².